The fourth-order valence-corrected chi connectivity index (χ4v) is 4.38. The number of rotatable bonds is 4. The number of aliphatic carboxylic acids is 1. The normalized spacial score (nSPS) is 18.4. The van der Waals surface area contributed by atoms with E-state index >= 15 is 0 Å². The molecule has 16 heteroatoms. The van der Waals surface area contributed by atoms with E-state index in [1.165, 1.54) is 20.5 Å². The van der Waals surface area contributed by atoms with Gasteiger partial charge in [-0.15, -0.1) is 0 Å². The predicted octanol–water partition coefficient (Wildman–Crippen LogP) is 2.96. The van der Waals surface area contributed by atoms with E-state index in [1.54, 1.807) is 0 Å². The quantitative estimate of drug-likeness (QED) is 0.550. The van der Waals surface area contributed by atoms with Crippen molar-refractivity contribution in [1.29, 1.82) is 0 Å². The molecule has 1 aromatic carbocycles. The number of piperazine rings is 1. The Kier molecular flexibility index (Phi) is 7.77. The maximum Gasteiger partial charge on any atom is 0.416 e. The smallest absolute Gasteiger partial charge is 0.416 e. The Balaban J connectivity index is 1.46. The van der Waals surface area contributed by atoms with Crippen LogP contribution < -0.4 is 5.32 Å². The highest BCUT2D eigenvalue weighted by atomic mass is 19.4. The number of nitrogens with zero attached hydrogens (tertiary/aromatic N) is 4. The van der Waals surface area contributed by atoms with Crippen LogP contribution in [-0.4, -0.2) is 74.9 Å². The average molecular weight is 563 g/mol. The summed E-state index contributed by atoms with van der Waals surface area (Å²) in [5, 5.41) is 16.6. The third-order valence-electron chi connectivity index (χ3n) is 6.29. The lowest BCUT2D eigenvalue weighted by atomic mass is 10.1. The number of carbonyl (C=O) groups is 3. The first-order valence-electron chi connectivity index (χ1n) is 11.8. The zero-order valence-electron chi connectivity index (χ0n) is 20.2. The number of aryl methyl sites for hydroxylation is 1. The van der Waals surface area contributed by atoms with E-state index in [1.807, 2.05) is 0 Å². The number of carbonyl (C=O) groups excluding carboxylic acids is 2. The largest absolute Gasteiger partial charge is 0.480 e. The molecule has 3 heterocycles. The van der Waals surface area contributed by atoms with Crippen LogP contribution >= 0.6 is 0 Å². The first-order valence-corrected chi connectivity index (χ1v) is 11.8. The number of nitrogens with one attached hydrogen (secondary N) is 1. The number of hydrogen-bond acceptors (Lipinski definition) is 6. The molecule has 2 aromatic rings. The number of aromatic nitrogens is 2. The summed E-state index contributed by atoms with van der Waals surface area (Å²) in [6.45, 7) is 0.162. The zero-order chi connectivity index (χ0) is 28.5. The second-order valence-corrected chi connectivity index (χ2v) is 9.04. The maximum absolute atomic E-state index is 13.1. The van der Waals surface area contributed by atoms with E-state index < -0.39 is 59.7 Å². The summed E-state index contributed by atoms with van der Waals surface area (Å²) in [5.74, 6) is -1.77. The molecule has 10 nitrogen and oxygen atoms in total. The minimum absolute atomic E-state index is 0.0147. The number of hydrogen-bond donors (Lipinski definition) is 2. The van der Waals surface area contributed by atoms with Crippen LogP contribution in [0.2, 0.25) is 0 Å². The Morgan fingerprint density at radius 3 is 2.28 bits per heavy atom. The van der Waals surface area contributed by atoms with Gasteiger partial charge in [-0.1, -0.05) is 0 Å². The van der Waals surface area contributed by atoms with Crippen LogP contribution in [0.3, 0.4) is 0 Å². The molecule has 1 aromatic heterocycles. The molecule has 0 bridgehead atoms. The molecule has 0 saturated carbocycles. The summed E-state index contributed by atoms with van der Waals surface area (Å²) in [7, 11) is 0. The summed E-state index contributed by atoms with van der Waals surface area (Å²) in [6.07, 6.45) is -10.7. The van der Waals surface area contributed by atoms with Crippen LogP contribution in [0.15, 0.2) is 24.3 Å². The van der Waals surface area contributed by atoms with Gasteiger partial charge in [0.1, 0.15) is 12.6 Å². The standard InChI is InChI=1S/C23H23F6N5O5/c24-22(25,26)14-6-13(7-15(8-14)23(27,28)29)12-39-21(38)32-3-1-4-34-16(11-32)9-17(31-34)19(35)33-5-2-30-10-18(33)20(36)37/h6-9,18,30H,1-5,10-12H2,(H,36,37). The van der Waals surface area contributed by atoms with Crippen molar-refractivity contribution in [2.75, 3.05) is 26.2 Å². The molecule has 1 unspecified atom stereocenters. The second-order valence-electron chi connectivity index (χ2n) is 9.04. The molecule has 2 aliphatic heterocycles. The molecule has 1 fully saturated rings. The van der Waals surface area contributed by atoms with Gasteiger partial charge in [0.25, 0.3) is 5.91 Å². The second kappa shape index (κ2) is 10.7. The lowest BCUT2D eigenvalue weighted by Gasteiger charge is -2.32. The number of alkyl halides is 6. The van der Waals surface area contributed by atoms with Crippen LogP contribution in [0, 0.1) is 0 Å². The minimum Gasteiger partial charge on any atom is -0.480 e. The van der Waals surface area contributed by atoms with Gasteiger partial charge in [-0.25, -0.2) is 9.59 Å². The molecule has 1 atom stereocenters. The first-order chi connectivity index (χ1) is 18.2. The van der Waals surface area contributed by atoms with E-state index in [4.69, 9.17) is 4.74 Å². The Hall–Kier alpha value is -3.82. The molecule has 2 N–H and O–H groups in total. The number of fused-ring (bicyclic) bond motifs is 1. The summed E-state index contributed by atoms with van der Waals surface area (Å²) >= 11 is 0. The summed E-state index contributed by atoms with van der Waals surface area (Å²) in [4.78, 5) is 39.6. The van der Waals surface area contributed by atoms with Gasteiger partial charge in [0.15, 0.2) is 5.69 Å². The lowest BCUT2D eigenvalue weighted by molar-refractivity contribution is -0.144. The Bertz CT molecular complexity index is 1230. The third kappa shape index (κ3) is 6.43. The fraction of sp³-hybridized carbons (Fsp3) is 0.478. The molecular formula is C23H23F6N5O5. The van der Waals surface area contributed by atoms with E-state index in [0.29, 0.717) is 37.3 Å². The van der Waals surface area contributed by atoms with Crippen LogP contribution in [0.1, 0.15) is 39.3 Å². The molecule has 2 aliphatic rings. The number of ether oxygens (including phenoxy) is 1. The molecule has 2 amide bonds. The molecule has 212 valence electrons. The number of carboxylic acids is 1. The maximum atomic E-state index is 13.1. The van der Waals surface area contributed by atoms with E-state index in [2.05, 4.69) is 10.4 Å². The Morgan fingerprint density at radius 2 is 1.67 bits per heavy atom. The van der Waals surface area contributed by atoms with Gasteiger partial charge >= 0.3 is 24.4 Å². The van der Waals surface area contributed by atoms with Crippen LogP contribution in [0.4, 0.5) is 31.1 Å². The van der Waals surface area contributed by atoms with Crippen LogP contribution in [0.5, 0.6) is 0 Å². The zero-order valence-corrected chi connectivity index (χ0v) is 20.2. The highest BCUT2D eigenvalue weighted by Crippen LogP contribution is 2.36. The topological polar surface area (TPSA) is 117 Å². The van der Waals surface area contributed by atoms with Gasteiger partial charge in [0, 0.05) is 32.7 Å². The molecule has 0 spiro atoms. The minimum atomic E-state index is -5.03. The Morgan fingerprint density at radius 1 is 1.00 bits per heavy atom. The van der Waals surface area contributed by atoms with Crippen molar-refractivity contribution in [1.82, 2.24) is 24.9 Å². The summed E-state index contributed by atoms with van der Waals surface area (Å²) in [6, 6.07) is 1.29. The van der Waals surface area contributed by atoms with Gasteiger partial charge in [-0.2, -0.15) is 31.4 Å². The van der Waals surface area contributed by atoms with Crippen molar-refractivity contribution in [2.45, 2.75) is 44.5 Å². The lowest BCUT2D eigenvalue weighted by Crippen LogP contribution is -2.57. The predicted molar refractivity (Wildman–Crippen MR) is 119 cm³/mol. The average Bonchev–Trinajstić information content (AvgIpc) is 3.16. The highest BCUT2D eigenvalue weighted by molar-refractivity contribution is 5.95. The van der Waals surface area contributed by atoms with E-state index in [9.17, 15) is 45.8 Å². The monoisotopic (exact) mass is 563 g/mol. The van der Waals surface area contributed by atoms with E-state index in [-0.39, 0.29) is 37.9 Å². The first kappa shape index (κ1) is 28.2. The number of amides is 2. The number of halogens is 6. The van der Waals surface area contributed by atoms with Crippen molar-refractivity contribution in [2.24, 2.45) is 0 Å². The summed E-state index contributed by atoms with van der Waals surface area (Å²) in [5.41, 5.74) is -3.12. The van der Waals surface area contributed by atoms with Crippen LogP contribution in [0.25, 0.3) is 0 Å². The molecule has 4 rings (SSSR count). The highest BCUT2D eigenvalue weighted by Gasteiger charge is 2.37. The van der Waals surface area contributed by atoms with E-state index in [0.717, 1.165) is 0 Å². The SMILES string of the molecule is O=C(O)C1CNCCN1C(=O)c1cc2n(n1)CCCN(C(=O)OCc1cc(C(F)(F)F)cc(C(F)(F)F)c1)C2. The van der Waals surface area contributed by atoms with Gasteiger partial charge < -0.3 is 25.0 Å². The third-order valence-corrected chi connectivity index (χ3v) is 6.29. The van der Waals surface area contributed by atoms with Crippen LogP contribution in [-0.2, 0) is 41.6 Å². The van der Waals surface area contributed by atoms with Crippen molar-refractivity contribution in [3.63, 3.8) is 0 Å². The van der Waals surface area contributed by atoms with Crippen molar-refractivity contribution in [3.05, 3.63) is 52.3 Å². The molecule has 0 aliphatic carbocycles. The van der Waals surface area contributed by atoms with Crippen molar-refractivity contribution in [3.8, 4) is 0 Å². The number of carboxylic acid groups (broad SMARTS) is 1. The Labute approximate surface area is 217 Å². The molecular weight excluding hydrogens is 540 g/mol. The van der Waals surface area contributed by atoms with Gasteiger partial charge in [0.05, 0.1) is 23.4 Å². The molecule has 1 saturated heterocycles. The molecule has 39 heavy (non-hydrogen) atoms. The van der Waals surface area contributed by atoms with Crippen molar-refractivity contribution >= 4 is 18.0 Å². The van der Waals surface area contributed by atoms with Gasteiger partial charge in [-0.3, -0.25) is 9.48 Å². The van der Waals surface area contributed by atoms with Gasteiger partial charge in [0.2, 0.25) is 0 Å². The van der Waals surface area contributed by atoms with Gasteiger partial charge in [-0.05, 0) is 36.2 Å². The number of benzene rings is 1. The molecule has 0 radical (unpaired) electrons. The summed E-state index contributed by atoms with van der Waals surface area (Å²) < 4.78 is 85.1. The fourth-order valence-electron chi connectivity index (χ4n) is 4.38. The van der Waals surface area contributed by atoms with Crippen molar-refractivity contribution < 1.29 is 50.6 Å².